The van der Waals surface area contributed by atoms with Crippen LogP contribution in [0.2, 0.25) is 0 Å². The number of ether oxygens (including phenoxy) is 3. The van der Waals surface area contributed by atoms with Crippen molar-refractivity contribution in [3.63, 3.8) is 0 Å². The third-order valence-electron chi connectivity index (χ3n) is 6.81. The summed E-state index contributed by atoms with van der Waals surface area (Å²) in [5, 5.41) is 0. The lowest BCUT2D eigenvalue weighted by Gasteiger charge is -2.63. The number of benzene rings is 1. The summed E-state index contributed by atoms with van der Waals surface area (Å²) in [6.07, 6.45) is 1.02. The van der Waals surface area contributed by atoms with E-state index in [1.807, 2.05) is 18.2 Å². The van der Waals surface area contributed by atoms with Gasteiger partial charge in [0.2, 0.25) is 0 Å². The molecule has 1 aromatic carbocycles. The standard InChI is InChI=1S/C20H26O4/c1-12-9-19(4)17-13(2)20(12,10-22-14(3)21)11-23-18(17)15-7-5-6-8-16(15)24-19/h5-8,12-13,17-18H,9-11H2,1-4H3/t12-,13+,17-,18-,19-,20+/m1/s1. The van der Waals surface area contributed by atoms with Crippen LogP contribution in [0.4, 0.5) is 0 Å². The lowest BCUT2D eigenvalue weighted by Crippen LogP contribution is -2.66. The molecule has 130 valence electrons. The van der Waals surface area contributed by atoms with E-state index in [1.165, 1.54) is 6.92 Å². The Bertz CT molecular complexity index is 671. The topological polar surface area (TPSA) is 44.8 Å². The molecule has 1 aromatic rings. The van der Waals surface area contributed by atoms with Crippen LogP contribution in [-0.2, 0) is 14.3 Å². The minimum Gasteiger partial charge on any atom is -0.487 e. The lowest BCUT2D eigenvalue weighted by molar-refractivity contribution is -0.261. The van der Waals surface area contributed by atoms with Crippen LogP contribution < -0.4 is 4.74 Å². The summed E-state index contributed by atoms with van der Waals surface area (Å²) in [6, 6.07) is 8.23. The molecule has 0 amide bonds. The first kappa shape index (κ1) is 15.9. The second-order valence-corrected chi connectivity index (χ2v) is 8.12. The average molecular weight is 330 g/mol. The van der Waals surface area contributed by atoms with Gasteiger partial charge in [-0.05, 0) is 31.2 Å². The number of hydrogen-bond donors (Lipinski definition) is 0. The lowest BCUT2D eigenvalue weighted by atomic mass is 9.50. The van der Waals surface area contributed by atoms with Gasteiger partial charge in [0.05, 0.1) is 19.3 Å². The third kappa shape index (κ3) is 2.05. The van der Waals surface area contributed by atoms with Crippen molar-refractivity contribution in [2.75, 3.05) is 13.2 Å². The largest absolute Gasteiger partial charge is 0.487 e. The Kier molecular flexibility index (Phi) is 3.47. The molecule has 4 nitrogen and oxygen atoms in total. The van der Waals surface area contributed by atoms with Crippen LogP contribution in [0.1, 0.15) is 45.8 Å². The van der Waals surface area contributed by atoms with E-state index < -0.39 is 0 Å². The van der Waals surface area contributed by atoms with E-state index in [0.29, 0.717) is 25.0 Å². The number of hydrogen-bond acceptors (Lipinski definition) is 4. The highest BCUT2D eigenvalue weighted by Crippen LogP contribution is 2.63. The van der Waals surface area contributed by atoms with Crippen LogP contribution in [0.15, 0.2) is 24.3 Å². The molecule has 4 heteroatoms. The van der Waals surface area contributed by atoms with Crippen molar-refractivity contribution < 1.29 is 19.0 Å². The molecular formula is C20H26O4. The van der Waals surface area contributed by atoms with Crippen molar-refractivity contribution in [1.29, 1.82) is 0 Å². The van der Waals surface area contributed by atoms with Gasteiger partial charge in [0.25, 0.3) is 0 Å². The molecule has 1 saturated heterocycles. The monoisotopic (exact) mass is 330 g/mol. The molecule has 6 atom stereocenters. The molecule has 2 heterocycles. The molecule has 1 aliphatic carbocycles. The van der Waals surface area contributed by atoms with E-state index in [2.05, 4.69) is 26.8 Å². The number of carbonyl (C=O) groups is 1. The highest BCUT2D eigenvalue weighted by molar-refractivity contribution is 5.65. The number of rotatable bonds is 2. The van der Waals surface area contributed by atoms with Gasteiger partial charge in [-0.25, -0.2) is 0 Å². The highest BCUT2D eigenvalue weighted by Gasteiger charge is 2.64. The first-order valence-electron chi connectivity index (χ1n) is 8.90. The fourth-order valence-corrected chi connectivity index (χ4v) is 5.49. The molecule has 2 bridgehead atoms. The quantitative estimate of drug-likeness (QED) is 0.775. The van der Waals surface area contributed by atoms with Crippen molar-refractivity contribution in [2.45, 2.75) is 45.8 Å². The molecule has 0 aromatic heterocycles. The second kappa shape index (κ2) is 5.22. The molecule has 0 radical (unpaired) electrons. The number of para-hydroxylation sites is 1. The van der Waals surface area contributed by atoms with Crippen LogP contribution in [0.25, 0.3) is 0 Å². The van der Waals surface area contributed by atoms with Gasteiger partial charge in [0.1, 0.15) is 11.4 Å². The Morgan fingerprint density at radius 1 is 1.33 bits per heavy atom. The highest BCUT2D eigenvalue weighted by atomic mass is 16.5. The molecule has 24 heavy (non-hydrogen) atoms. The van der Waals surface area contributed by atoms with Crippen molar-refractivity contribution >= 4 is 5.97 Å². The average Bonchev–Trinajstić information content (AvgIpc) is 2.52. The molecule has 2 fully saturated rings. The molecule has 1 saturated carbocycles. The summed E-state index contributed by atoms with van der Waals surface area (Å²) in [5.74, 6) is 1.73. The Hall–Kier alpha value is -1.55. The number of carbonyl (C=O) groups excluding carboxylic acids is 1. The van der Waals surface area contributed by atoms with Gasteiger partial charge in [-0.15, -0.1) is 0 Å². The maximum atomic E-state index is 11.4. The number of esters is 1. The van der Waals surface area contributed by atoms with Crippen LogP contribution in [0.3, 0.4) is 0 Å². The van der Waals surface area contributed by atoms with Gasteiger partial charge in [-0.2, -0.15) is 0 Å². The van der Waals surface area contributed by atoms with E-state index in [9.17, 15) is 4.79 Å². The summed E-state index contributed by atoms with van der Waals surface area (Å²) in [7, 11) is 0. The molecule has 2 aliphatic heterocycles. The van der Waals surface area contributed by atoms with Gasteiger partial charge in [-0.1, -0.05) is 32.0 Å². The fraction of sp³-hybridized carbons (Fsp3) is 0.650. The van der Waals surface area contributed by atoms with Crippen LogP contribution in [0.5, 0.6) is 5.75 Å². The Labute approximate surface area is 143 Å². The summed E-state index contributed by atoms with van der Waals surface area (Å²) in [6.45, 7) is 9.30. The van der Waals surface area contributed by atoms with Gasteiger partial charge in [0, 0.05) is 23.8 Å². The summed E-state index contributed by atoms with van der Waals surface area (Å²) in [5.41, 5.74) is 0.794. The van der Waals surface area contributed by atoms with Gasteiger partial charge in [-0.3, -0.25) is 4.79 Å². The minimum absolute atomic E-state index is 0.0629. The maximum absolute atomic E-state index is 11.4. The zero-order valence-electron chi connectivity index (χ0n) is 14.9. The SMILES string of the molecule is CC(=O)OC[C@]12CO[C@@H]3c4ccccc4O[C@](C)(C[C@H]1C)[C@@H]3[C@@H]2C. The predicted octanol–water partition coefficient (Wildman–Crippen LogP) is 3.75. The van der Waals surface area contributed by atoms with Gasteiger partial charge >= 0.3 is 5.97 Å². The van der Waals surface area contributed by atoms with E-state index in [4.69, 9.17) is 14.2 Å². The first-order valence-corrected chi connectivity index (χ1v) is 8.90. The minimum atomic E-state index is -0.238. The van der Waals surface area contributed by atoms with E-state index in [0.717, 1.165) is 17.7 Å². The second-order valence-electron chi connectivity index (χ2n) is 8.12. The zero-order valence-corrected chi connectivity index (χ0v) is 14.9. The van der Waals surface area contributed by atoms with Crippen molar-refractivity contribution in [3.8, 4) is 5.75 Å². The predicted molar refractivity (Wildman–Crippen MR) is 89.7 cm³/mol. The molecule has 3 aliphatic rings. The summed E-state index contributed by atoms with van der Waals surface area (Å²) < 4.78 is 18.4. The Balaban J connectivity index is 1.76. The van der Waals surface area contributed by atoms with Gasteiger partial charge in [0.15, 0.2) is 0 Å². The maximum Gasteiger partial charge on any atom is 0.302 e. The third-order valence-corrected chi connectivity index (χ3v) is 6.81. The summed E-state index contributed by atoms with van der Waals surface area (Å²) >= 11 is 0. The van der Waals surface area contributed by atoms with Crippen molar-refractivity contribution in [2.24, 2.45) is 23.2 Å². The summed E-state index contributed by atoms with van der Waals surface area (Å²) in [4.78, 5) is 11.4. The molecular weight excluding hydrogens is 304 g/mol. The molecule has 0 unspecified atom stereocenters. The van der Waals surface area contributed by atoms with E-state index in [-0.39, 0.29) is 29.0 Å². The Morgan fingerprint density at radius 3 is 2.83 bits per heavy atom. The smallest absolute Gasteiger partial charge is 0.302 e. The zero-order chi connectivity index (χ0) is 17.1. The normalized spacial score (nSPS) is 42.7. The molecule has 0 spiro atoms. The van der Waals surface area contributed by atoms with Crippen LogP contribution in [0, 0.1) is 23.2 Å². The van der Waals surface area contributed by atoms with Crippen LogP contribution in [-0.4, -0.2) is 24.8 Å². The molecule has 4 rings (SSSR count). The first-order chi connectivity index (χ1) is 11.4. The van der Waals surface area contributed by atoms with E-state index in [1.54, 1.807) is 0 Å². The number of fused-ring (bicyclic) bond motifs is 3. The van der Waals surface area contributed by atoms with Crippen molar-refractivity contribution in [1.82, 2.24) is 0 Å². The van der Waals surface area contributed by atoms with Crippen LogP contribution >= 0.6 is 0 Å². The Morgan fingerprint density at radius 2 is 2.08 bits per heavy atom. The fourth-order valence-electron chi connectivity index (χ4n) is 5.49. The molecule has 0 N–H and O–H groups in total. The van der Waals surface area contributed by atoms with E-state index >= 15 is 0 Å². The van der Waals surface area contributed by atoms with Crippen molar-refractivity contribution in [3.05, 3.63) is 29.8 Å². The van der Waals surface area contributed by atoms with Gasteiger partial charge < -0.3 is 14.2 Å².